The highest BCUT2D eigenvalue weighted by molar-refractivity contribution is 5.94. The van der Waals surface area contributed by atoms with Crippen LogP contribution >= 0.6 is 0 Å². The molecule has 6 heteroatoms. The van der Waals surface area contributed by atoms with E-state index in [1.54, 1.807) is 0 Å². The van der Waals surface area contributed by atoms with Gasteiger partial charge in [0, 0.05) is 12.2 Å². The third-order valence-electron chi connectivity index (χ3n) is 3.29. The average molecular weight is 263 g/mol. The summed E-state index contributed by atoms with van der Waals surface area (Å²) in [5.74, 6) is -2.77. The standard InChI is InChI=1S/C13H10FNO4/c14-9-4-3-7-10(12(9)17)15(6-1-2-6)5-8(11(7)16)13(18)19/h3-6,17H,1-2H2,(H,18,19). The Hall–Kier alpha value is -2.37. The van der Waals surface area contributed by atoms with Crippen molar-refractivity contribution in [3.63, 3.8) is 0 Å². The maximum absolute atomic E-state index is 13.4. The Morgan fingerprint density at radius 1 is 1.37 bits per heavy atom. The van der Waals surface area contributed by atoms with Crippen molar-refractivity contribution < 1.29 is 19.4 Å². The topological polar surface area (TPSA) is 79.5 Å². The molecule has 2 aromatic rings. The van der Waals surface area contributed by atoms with Gasteiger partial charge in [0.15, 0.2) is 11.6 Å². The molecule has 0 radical (unpaired) electrons. The van der Waals surface area contributed by atoms with Crippen LogP contribution in [0.4, 0.5) is 4.39 Å². The zero-order valence-corrected chi connectivity index (χ0v) is 9.76. The van der Waals surface area contributed by atoms with Gasteiger partial charge in [0.05, 0.1) is 10.9 Å². The van der Waals surface area contributed by atoms with Crippen LogP contribution in [-0.2, 0) is 0 Å². The van der Waals surface area contributed by atoms with Crippen LogP contribution in [0.25, 0.3) is 10.9 Å². The average Bonchev–Trinajstić information content (AvgIpc) is 3.18. The van der Waals surface area contributed by atoms with Gasteiger partial charge in [-0.2, -0.15) is 0 Å². The van der Waals surface area contributed by atoms with E-state index >= 15 is 0 Å². The number of benzene rings is 1. The summed E-state index contributed by atoms with van der Waals surface area (Å²) in [6.07, 6.45) is 2.81. The largest absolute Gasteiger partial charge is 0.503 e. The van der Waals surface area contributed by atoms with Gasteiger partial charge < -0.3 is 14.8 Å². The number of pyridine rings is 1. The van der Waals surface area contributed by atoms with E-state index in [1.807, 2.05) is 0 Å². The van der Waals surface area contributed by atoms with E-state index in [0.717, 1.165) is 18.9 Å². The Bertz CT molecular complexity index is 761. The van der Waals surface area contributed by atoms with E-state index in [9.17, 15) is 19.1 Å². The van der Waals surface area contributed by atoms with E-state index < -0.39 is 23.0 Å². The Labute approximate surface area is 106 Å². The minimum Gasteiger partial charge on any atom is -0.503 e. The lowest BCUT2D eigenvalue weighted by atomic mass is 10.1. The first-order chi connectivity index (χ1) is 9.00. The maximum Gasteiger partial charge on any atom is 0.341 e. The van der Waals surface area contributed by atoms with E-state index in [1.165, 1.54) is 16.8 Å². The van der Waals surface area contributed by atoms with Gasteiger partial charge in [0.1, 0.15) is 5.56 Å². The van der Waals surface area contributed by atoms with Gasteiger partial charge in [-0.15, -0.1) is 0 Å². The third-order valence-corrected chi connectivity index (χ3v) is 3.29. The number of nitrogens with zero attached hydrogens (tertiary/aromatic N) is 1. The fourth-order valence-electron chi connectivity index (χ4n) is 2.20. The number of aromatic nitrogens is 1. The fourth-order valence-corrected chi connectivity index (χ4v) is 2.20. The second-order valence-electron chi connectivity index (χ2n) is 4.61. The van der Waals surface area contributed by atoms with E-state index in [2.05, 4.69) is 0 Å². The molecule has 0 bridgehead atoms. The predicted molar refractivity (Wildman–Crippen MR) is 65.1 cm³/mol. The molecule has 0 aliphatic heterocycles. The smallest absolute Gasteiger partial charge is 0.341 e. The number of phenols is 1. The van der Waals surface area contributed by atoms with Crippen LogP contribution in [0, 0.1) is 5.82 Å². The molecule has 1 aliphatic rings. The third kappa shape index (κ3) is 1.68. The molecule has 1 aromatic heterocycles. The molecule has 0 atom stereocenters. The van der Waals surface area contributed by atoms with Crippen LogP contribution < -0.4 is 5.43 Å². The minimum absolute atomic E-state index is 0.00824. The molecule has 98 valence electrons. The number of aromatic carboxylic acids is 1. The van der Waals surface area contributed by atoms with E-state index in [0.29, 0.717) is 0 Å². The molecule has 1 saturated carbocycles. The van der Waals surface area contributed by atoms with E-state index in [4.69, 9.17) is 5.11 Å². The Balaban J connectivity index is 2.49. The molecule has 0 amide bonds. The van der Waals surface area contributed by atoms with E-state index in [-0.39, 0.29) is 22.5 Å². The number of hydrogen-bond acceptors (Lipinski definition) is 3. The summed E-state index contributed by atoms with van der Waals surface area (Å²) in [6, 6.07) is 2.17. The zero-order valence-electron chi connectivity index (χ0n) is 9.76. The van der Waals surface area contributed by atoms with Crippen LogP contribution in [0.15, 0.2) is 23.1 Å². The van der Waals surface area contributed by atoms with Crippen LogP contribution in [0.3, 0.4) is 0 Å². The summed E-state index contributed by atoms with van der Waals surface area (Å²) in [5.41, 5.74) is -1.02. The summed E-state index contributed by atoms with van der Waals surface area (Å²) in [4.78, 5) is 23.1. The molecular formula is C13H10FNO4. The minimum atomic E-state index is -1.33. The lowest BCUT2D eigenvalue weighted by Crippen LogP contribution is -2.18. The lowest BCUT2D eigenvalue weighted by Gasteiger charge is -2.12. The first-order valence-corrected chi connectivity index (χ1v) is 5.80. The molecule has 0 unspecified atom stereocenters. The quantitative estimate of drug-likeness (QED) is 0.867. The Morgan fingerprint density at radius 3 is 2.63 bits per heavy atom. The van der Waals surface area contributed by atoms with Crippen LogP contribution in [0.5, 0.6) is 5.75 Å². The van der Waals surface area contributed by atoms with Crippen molar-refractivity contribution in [2.45, 2.75) is 18.9 Å². The summed E-state index contributed by atoms with van der Waals surface area (Å²) in [6.45, 7) is 0. The summed E-state index contributed by atoms with van der Waals surface area (Å²) >= 11 is 0. The predicted octanol–water partition coefficient (Wildman–Crippen LogP) is 1.88. The Morgan fingerprint density at radius 2 is 2.05 bits per heavy atom. The molecule has 1 aromatic carbocycles. The number of carboxylic acid groups (broad SMARTS) is 1. The van der Waals surface area contributed by atoms with Crippen molar-refractivity contribution in [1.29, 1.82) is 0 Å². The number of carboxylic acids is 1. The number of hydrogen-bond donors (Lipinski definition) is 2. The maximum atomic E-state index is 13.4. The van der Waals surface area contributed by atoms with Crippen LogP contribution in [0.1, 0.15) is 29.2 Å². The summed E-state index contributed by atoms with van der Waals surface area (Å²) < 4.78 is 14.9. The molecular weight excluding hydrogens is 253 g/mol. The van der Waals surface area contributed by atoms with Gasteiger partial charge in [-0.1, -0.05) is 0 Å². The molecule has 1 aliphatic carbocycles. The summed E-state index contributed by atoms with van der Waals surface area (Å²) in [7, 11) is 0. The zero-order chi connectivity index (χ0) is 13.7. The number of aromatic hydroxyl groups is 1. The number of halogens is 1. The van der Waals surface area contributed by atoms with Gasteiger partial charge in [-0.25, -0.2) is 9.18 Å². The SMILES string of the molecule is O=C(O)c1cn(C2CC2)c2c(O)c(F)ccc2c1=O. The van der Waals surface area contributed by atoms with Crippen molar-refractivity contribution in [2.24, 2.45) is 0 Å². The number of phenolic OH excluding ortho intramolecular Hbond substituents is 1. The highest BCUT2D eigenvalue weighted by Crippen LogP contribution is 2.39. The molecule has 1 heterocycles. The van der Waals surface area contributed by atoms with Gasteiger partial charge >= 0.3 is 5.97 Å². The molecule has 1 fully saturated rings. The van der Waals surface area contributed by atoms with Crippen LogP contribution in [0.2, 0.25) is 0 Å². The highest BCUT2D eigenvalue weighted by atomic mass is 19.1. The summed E-state index contributed by atoms with van der Waals surface area (Å²) in [5, 5.41) is 18.8. The highest BCUT2D eigenvalue weighted by Gasteiger charge is 2.28. The fraction of sp³-hybridized carbons (Fsp3) is 0.231. The van der Waals surface area contributed by atoms with Gasteiger partial charge in [-0.05, 0) is 25.0 Å². The number of carbonyl (C=O) groups is 1. The molecule has 2 N–H and O–H groups in total. The number of fused-ring (bicyclic) bond motifs is 1. The second kappa shape index (κ2) is 3.81. The van der Waals surface area contributed by atoms with Crippen molar-refractivity contribution in [1.82, 2.24) is 4.57 Å². The molecule has 0 saturated heterocycles. The normalized spacial score (nSPS) is 14.8. The van der Waals surface area contributed by atoms with Crippen molar-refractivity contribution in [3.8, 4) is 5.75 Å². The van der Waals surface area contributed by atoms with Gasteiger partial charge in [-0.3, -0.25) is 4.79 Å². The van der Waals surface area contributed by atoms with Gasteiger partial charge in [0.25, 0.3) is 0 Å². The first-order valence-electron chi connectivity index (χ1n) is 5.80. The molecule has 5 nitrogen and oxygen atoms in total. The first kappa shape index (κ1) is 11.7. The second-order valence-corrected chi connectivity index (χ2v) is 4.61. The monoisotopic (exact) mass is 263 g/mol. The van der Waals surface area contributed by atoms with Crippen molar-refractivity contribution in [2.75, 3.05) is 0 Å². The van der Waals surface area contributed by atoms with Crippen molar-refractivity contribution >= 4 is 16.9 Å². The molecule has 19 heavy (non-hydrogen) atoms. The van der Waals surface area contributed by atoms with Crippen molar-refractivity contribution in [3.05, 3.63) is 39.9 Å². The number of rotatable bonds is 2. The van der Waals surface area contributed by atoms with Gasteiger partial charge in [0.2, 0.25) is 5.43 Å². The Kier molecular flexibility index (Phi) is 2.35. The van der Waals surface area contributed by atoms with Crippen LogP contribution in [-0.4, -0.2) is 20.7 Å². The molecule has 0 spiro atoms. The lowest BCUT2D eigenvalue weighted by molar-refractivity contribution is 0.0695. The molecule has 3 rings (SSSR count).